The molecule has 168 valence electrons. The molecule has 8 nitrogen and oxygen atoms in total. The van der Waals surface area contributed by atoms with E-state index in [0.29, 0.717) is 40.6 Å². The number of anilines is 5. The fraction of sp³-hybridized carbons (Fsp3) is 0.591. The van der Waals surface area contributed by atoms with Crippen LogP contribution in [0, 0.1) is 0 Å². The molecule has 1 aliphatic carbocycles. The highest BCUT2D eigenvalue weighted by Crippen LogP contribution is 2.26. The van der Waals surface area contributed by atoms with Gasteiger partial charge in [0.2, 0.25) is 17.8 Å². The number of piperidine rings is 1. The van der Waals surface area contributed by atoms with Crippen LogP contribution >= 0.6 is 11.6 Å². The zero-order valence-corrected chi connectivity index (χ0v) is 19.0. The van der Waals surface area contributed by atoms with Crippen LogP contribution in [0.2, 0.25) is 5.02 Å². The Kier molecular flexibility index (Phi) is 7.29. The second-order valence-electron chi connectivity index (χ2n) is 8.72. The molecule has 1 saturated heterocycles. The minimum atomic E-state index is 0.364. The van der Waals surface area contributed by atoms with E-state index in [0.717, 1.165) is 44.5 Å². The molecule has 2 aliphatic rings. The van der Waals surface area contributed by atoms with Crippen LogP contribution in [0.25, 0.3) is 0 Å². The van der Waals surface area contributed by atoms with Gasteiger partial charge in [-0.05, 0) is 64.0 Å². The molecule has 2 fully saturated rings. The van der Waals surface area contributed by atoms with Crippen LogP contribution in [0.4, 0.5) is 29.2 Å². The lowest BCUT2D eigenvalue weighted by atomic mass is 10.1. The second-order valence-corrected chi connectivity index (χ2v) is 9.13. The third-order valence-electron chi connectivity index (χ3n) is 6.13. The Hall–Kier alpha value is -2.32. The molecular weight excluding hydrogens is 412 g/mol. The molecule has 0 unspecified atom stereocenters. The standard InChI is InChI=1S/C22H33ClN8/c1-31-12-10-16(11-13-31)26-21-28-20(25-15-6-4-2-3-5-7-15)29-22(30-21)27-17-8-9-19(24)18(23)14-17/h8-9,14-16H,2-7,10-13,24H2,1H3,(H3,25,26,27,28,29,30). The number of hydrogen-bond acceptors (Lipinski definition) is 8. The number of nitrogens with zero attached hydrogens (tertiary/aromatic N) is 4. The maximum absolute atomic E-state index is 6.18. The van der Waals surface area contributed by atoms with Crippen molar-refractivity contribution in [1.82, 2.24) is 19.9 Å². The lowest BCUT2D eigenvalue weighted by molar-refractivity contribution is 0.263. The van der Waals surface area contributed by atoms with E-state index in [1.165, 1.54) is 25.7 Å². The summed E-state index contributed by atoms with van der Waals surface area (Å²) in [6.07, 6.45) is 9.57. The summed E-state index contributed by atoms with van der Waals surface area (Å²) >= 11 is 6.18. The van der Waals surface area contributed by atoms with Crippen molar-refractivity contribution in [3.05, 3.63) is 23.2 Å². The van der Waals surface area contributed by atoms with Gasteiger partial charge in [-0.3, -0.25) is 0 Å². The first kappa shape index (κ1) is 21.9. The summed E-state index contributed by atoms with van der Waals surface area (Å²) < 4.78 is 0. The van der Waals surface area contributed by atoms with Crippen molar-refractivity contribution >= 4 is 40.8 Å². The lowest BCUT2D eigenvalue weighted by Crippen LogP contribution is -2.37. The van der Waals surface area contributed by atoms with Crippen LogP contribution in [0.5, 0.6) is 0 Å². The van der Waals surface area contributed by atoms with Crippen LogP contribution < -0.4 is 21.7 Å². The molecule has 1 aromatic heterocycles. The van der Waals surface area contributed by atoms with Crippen molar-refractivity contribution in [3.63, 3.8) is 0 Å². The molecule has 0 bridgehead atoms. The normalized spacial score (nSPS) is 19.0. The van der Waals surface area contributed by atoms with Crippen molar-refractivity contribution in [2.45, 2.75) is 63.5 Å². The number of rotatable bonds is 6. The summed E-state index contributed by atoms with van der Waals surface area (Å²) in [5, 5.41) is 10.8. The highest BCUT2D eigenvalue weighted by Gasteiger charge is 2.19. The molecule has 0 radical (unpaired) electrons. The molecule has 2 heterocycles. The first-order valence-corrected chi connectivity index (χ1v) is 11.7. The van der Waals surface area contributed by atoms with E-state index in [9.17, 15) is 0 Å². The van der Waals surface area contributed by atoms with E-state index >= 15 is 0 Å². The van der Waals surface area contributed by atoms with Crippen molar-refractivity contribution in [2.75, 3.05) is 41.8 Å². The topological polar surface area (TPSA) is 104 Å². The van der Waals surface area contributed by atoms with E-state index in [4.69, 9.17) is 22.3 Å². The molecule has 1 saturated carbocycles. The number of nitrogens with two attached hydrogens (primary N) is 1. The molecule has 0 amide bonds. The van der Waals surface area contributed by atoms with Crippen LogP contribution in [0.1, 0.15) is 51.4 Å². The van der Waals surface area contributed by atoms with Gasteiger partial charge in [-0.25, -0.2) is 0 Å². The number of likely N-dealkylation sites (tertiary alicyclic amines) is 1. The van der Waals surface area contributed by atoms with Gasteiger partial charge in [0, 0.05) is 17.8 Å². The van der Waals surface area contributed by atoms with Gasteiger partial charge in [-0.1, -0.05) is 37.3 Å². The van der Waals surface area contributed by atoms with E-state index in [-0.39, 0.29) is 0 Å². The summed E-state index contributed by atoms with van der Waals surface area (Å²) in [6.45, 7) is 2.15. The quantitative estimate of drug-likeness (QED) is 0.381. The van der Waals surface area contributed by atoms with Gasteiger partial charge in [0.1, 0.15) is 0 Å². The zero-order valence-electron chi connectivity index (χ0n) is 18.2. The van der Waals surface area contributed by atoms with Crippen molar-refractivity contribution in [3.8, 4) is 0 Å². The molecule has 1 aromatic carbocycles. The summed E-state index contributed by atoms with van der Waals surface area (Å²) in [7, 11) is 2.16. The van der Waals surface area contributed by atoms with Crippen molar-refractivity contribution in [1.29, 1.82) is 0 Å². The Balaban J connectivity index is 1.53. The van der Waals surface area contributed by atoms with Crippen LogP contribution in [0.3, 0.4) is 0 Å². The summed E-state index contributed by atoms with van der Waals surface area (Å²) in [6, 6.07) is 6.19. The van der Waals surface area contributed by atoms with Gasteiger partial charge in [0.15, 0.2) is 0 Å². The third-order valence-corrected chi connectivity index (χ3v) is 6.46. The number of nitrogen functional groups attached to an aromatic ring is 1. The fourth-order valence-electron chi connectivity index (χ4n) is 4.24. The Bertz CT molecular complexity index is 861. The number of benzene rings is 1. The summed E-state index contributed by atoms with van der Waals surface area (Å²) in [5.74, 6) is 1.70. The van der Waals surface area contributed by atoms with E-state index in [1.54, 1.807) is 12.1 Å². The van der Waals surface area contributed by atoms with Crippen LogP contribution in [-0.4, -0.2) is 52.1 Å². The van der Waals surface area contributed by atoms with Crippen LogP contribution in [0.15, 0.2) is 18.2 Å². The Labute approximate surface area is 189 Å². The predicted molar refractivity (Wildman–Crippen MR) is 128 cm³/mol. The number of halogens is 1. The zero-order chi connectivity index (χ0) is 21.6. The first-order chi connectivity index (χ1) is 15.0. The van der Waals surface area contributed by atoms with Gasteiger partial charge in [-0.15, -0.1) is 0 Å². The van der Waals surface area contributed by atoms with E-state index in [2.05, 4.69) is 37.9 Å². The maximum atomic E-state index is 6.18. The number of nitrogens with one attached hydrogen (secondary N) is 3. The SMILES string of the molecule is CN1CCC(Nc2nc(Nc3ccc(N)c(Cl)c3)nc(NC3CCCCCC3)n2)CC1. The number of aromatic nitrogens is 3. The second kappa shape index (κ2) is 10.3. The van der Waals surface area contributed by atoms with Crippen molar-refractivity contribution < 1.29 is 0 Å². The predicted octanol–water partition coefficient (Wildman–Crippen LogP) is 4.49. The monoisotopic (exact) mass is 444 g/mol. The summed E-state index contributed by atoms with van der Waals surface area (Å²) in [4.78, 5) is 16.3. The smallest absolute Gasteiger partial charge is 0.233 e. The fourth-order valence-corrected chi connectivity index (χ4v) is 4.42. The molecule has 4 rings (SSSR count). The van der Waals surface area contributed by atoms with Crippen LogP contribution in [-0.2, 0) is 0 Å². The van der Waals surface area contributed by atoms with Gasteiger partial charge < -0.3 is 26.6 Å². The molecule has 0 spiro atoms. The van der Waals surface area contributed by atoms with Gasteiger partial charge in [-0.2, -0.15) is 15.0 Å². The molecule has 31 heavy (non-hydrogen) atoms. The van der Waals surface area contributed by atoms with Gasteiger partial charge >= 0.3 is 0 Å². The molecule has 9 heteroatoms. The average molecular weight is 445 g/mol. The van der Waals surface area contributed by atoms with E-state index in [1.807, 2.05) is 6.07 Å². The highest BCUT2D eigenvalue weighted by atomic mass is 35.5. The molecule has 5 N–H and O–H groups in total. The Morgan fingerprint density at radius 3 is 2.06 bits per heavy atom. The lowest BCUT2D eigenvalue weighted by Gasteiger charge is -2.29. The largest absolute Gasteiger partial charge is 0.398 e. The van der Waals surface area contributed by atoms with E-state index < -0.39 is 0 Å². The first-order valence-electron chi connectivity index (χ1n) is 11.3. The maximum Gasteiger partial charge on any atom is 0.233 e. The molecule has 1 aliphatic heterocycles. The third kappa shape index (κ3) is 6.33. The molecule has 2 aromatic rings. The Morgan fingerprint density at radius 1 is 0.871 bits per heavy atom. The van der Waals surface area contributed by atoms with Gasteiger partial charge in [0.05, 0.1) is 10.7 Å². The number of hydrogen-bond donors (Lipinski definition) is 4. The average Bonchev–Trinajstić information content (AvgIpc) is 3.01. The molecule has 0 atom stereocenters. The highest BCUT2D eigenvalue weighted by molar-refractivity contribution is 6.33. The molecular formula is C22H33ClN8. The summed E-state index contributed by atoms with van der Waals surface area (Å²) in [5.41, 5.74) is 7.17. The minimum absolute atomic E-state index is 0.364. The Morgan fingerprint density at radius 2 is 1.45 bits per heavy atom. The minimum Gasteiger partial charge on any atom is -0.398 e. The van der Waals surface area contributed by atoms with Gasteiger partial charge in [0.25, 0.3) is 0 Å². The van der Waals surface area contributed by atoms with Crippen molar-refractivity contribution in [2.24, 2.45) is 0 Å².